The van der Waals surface area contributed by atoms with E-state index in [0.29, 0.717) is 6.42 Å². The van der Waals surface area contributed by atoms with Gasteiger partial charge in [0.25, 0.3) is 0 Å². The van der Waals surface area contributed by atoms with E-state index in [1.165, 1.54) is 22.3 Å². The predicted molar refractivity (Wildman–Crippen MR) is 93.0 cm³/mol. The molecule has 21 heavy (non-hydrogen) atoms. The number of benzene rings is 2. The third-order valence-corrected chi connectivity index (χ3v) is 5.34. The number of nitrogens with one attached hydrogen (secondary N) is 1. The number of amides is 1. The summed E-state index contributed by atoms with van der Waals surface area (Å²) in [5, 5.41) is 2.92. The molecule has 2 aromatic carbocycles. The number of anilines is 1. The minimum Gasteiger partial charge on any atom is -0.326 e. The van der Waals surface area contributed by atoms with E-state index in [-0.39, 0.29) is 10.7 Å². The Morgan fingerprint density at radius 3 is 2.71 bits per heavy atom. The Morgan fingerprint density at radius 1 is 1.14 bits per heavy atom. The summed E-state index contributed by atoms with van der Waals surface area (Å²) in [6.07, 6.45) is 1.38. The number of fused-ring (bicyclic) bond motifs is 1. The van der Waals surface area contributed by atoms with Crippen molar-refractivity contribution in [2.75, 3.05) is 5.32 Å². The zero-order valence-electron chi connectivity index (χ0n) is 11.6. The van der Waals surface area contributed by atoms with Gasteiger partial charge in [0.15, 0.2) is 0 Å². The molecule has 1 atom stereocenters. The van der Waals surface area contributed by atoms with Crippen LogP contribution in [-0.2, 0) is 11.2 Å². The van der Waals surface area contributed by atoms with Crippen molar-refractivity contribution >= 4 is 43.5 Å². The van der Waals surface area contributed by atoms with E-state index < -0.39 is 0 Å². The zero-order chi connectivity index (χ0) is 15.0. The van der Waals surface area contributed by atoms with Gasteiger partial charge in [0.1, 0.15) is 0 Å². The fourth-order valence-corrected chi connectivity index (χ4v) is 3.94. The molecule has 0 bridgehead atoms. The van der Waals surface area contributed by atoms with Gasteiger partial charge in [-0.1, -0.05) is 50.1 Å². The number of aryl methyl sites for hydroxylation is 2. The highest BCUT2D eigenvalue weighted by atomic mass is 79.9. The number of carbonyl (C=O) groups is 1. The Morgan fingerprint density at radius 2 is 1.95 bits per heavy atom. The second kappa shape index (κ2) is 5.93. The Labute approximate surface area is 141 Å². The molecular weight excluding hydrogens is 394 g/mol. The van der Waals surface area contributed by atoms with E-state index in [0.717, 1.165) is 16.6 Å². The summed E-state index contributed by atoms with van der Waals surface area (Å²) in [6.45, 7) is 2.12. The van der Waals surface area contributed by atoms with Crippen molar-refractivity contribution in [3.63, 3.8) is 0 Å². The van der Waals surface area contributed by atoms with Crippen LogP contribution in [0.3, 0.4) is 0 Å². The van der Waals surface area contributed by atoms with Crippen molar-refractivity contribution in [1.29, 1.82) is 0 Å². The maximum atomic E-state index is 11.4. The maximum Gasteiger partial charge on any atom is 0.224 e. The largest absolute Gasteiger partial charge is 0.326 e. The molecule has 0 saturated carbocycles. The van der Waals surface area contributed by atoms with Crippen LogP contribution in [0.4, 0.5) is 5.69 Å². The molecule has 2 aromatic rings. The van der Waals surface area contributed by atoms with Gasteiger partial charge in [-0.2, -0.15) is 0 Å². The van der Waals surface area contributed by atoms with Gasteiger partial charge >= 0.3 is 0 Å². The summed E-state index contributed by atoms with van der Waals surface area (Å²) in [5.41, 5.74) is 5.89. The number of hydrogen-bond donors (Lipinski definition) is 1. The Balaban J connectivity index is 1.95. The number of carbonyl (C=O) groups excluding carboxylic acids is 1. The predicted octanol–water partition coefficient (Wildman–Crippen LogP) is 5.13. The lowest BCUT2D eigenvalue weighted by Gasteiger charge is -2.20. The van der Waals surface area contributed by atoms with Crippen LogP contribution in [0.2, 0.25) is 0 Å². The number of alkyl halides is 1. The van der Waals surface area contributed by atoms with Gasteiger partial charge in [-0.05, 0) is 53.8 Å². The monoisotopic (exact) mass is 407 g/mol. The van der Waals surface area contributed by atoms with Gasteiger partial charge in [0.2, 0.25) is 5.91 Å². The van der Waals surface area contributed by atoms with Crippen molar-refractivity contribution in [3.8, 4) is 0 Å². The molecule has 1 aliphatic rings. The van der Waals surface area contributed by atoms with Crippen LogP contribution in [0, 0.1) is 6.92 Å². The Kier molecular flexibility index (Phi) is 4.18. The first-order valence-corrected chi connectivity index (χ1v) is 8.58. The van der Waals surface area contributed by atoms with E-state index in [2.05, 4.69) is 74.4 Å². The molecule has 0 spiro atoms. The molecule has 1 heterocycles. The lowest BCUT2D eigenvalue weighted by molar-refractivity contribution is -0.116. The average molecular weight is 409 g/mol. The minimum absolute atomic E-state index is 0.106. The molecule has 1 N–H and O–H groups in total. The standard InChI is InChI=1S/C17H15Br2NO/c1-10-8-13(18)4-5-14(10)17(19)12-2-6-15-11(9-12)3-7-16(21)20-15/h2,4-6,8-9,17H,3,7H2,1H3,(H,20,21). The van der Waals surface area contributed by atoms with Crippen LogP contribution in [-0.4, -0.2) is 5.91 Å². The number of halogens is 2. The molecule has 4 heteroatoms. The van der Waals surface area contributed by atoms with Crippen LogP contribution in [0.1, 0.15) is 33.5 Å². The third-order valence-electron chi connectivity index (χ3n) is 3.82. The first kappa shape index (κ1) is 14.8. The molecule has 1 aliphatic heterocycles. The van der Waals surface area contributed by atoms with E-state index in [1.54, 1.807) is 0 Å². The zero-order valence-corrected chi connectivity index (χ0v) is 14.8. The fourth-order valence-electron chi connectivity index (χ4n) is 2.66. The van der Waals surface area contributed by atoms with Gasteiger partial charge < -0.3 is 5.32 Å². The molecule has 1 unspecified atom stereocenters. The van der Waals surface area contributed by atoms with Crippen LogP contribution >= 0.6 is 31.9 Å². The summed E-state index contributed by atoms with van der Waals surface area (Å²) in [7, 11) is 0. The van der Waals surface area contributed by atoms with E-state index in [1.807, 2.05) is 6.07 Å². The molecule has 3 rings (SSSR count). The topological polar surface area (TPSA) is 29.1 Å². The summed E-state index contributed by atoms with van der Waals surface area (Å²) in [4.78, 5) is 11.6. The summed E-state index contributed by atoms with van der Waals surface area (Å²) >= 11 is 7.31. The number of rotatable bonds is 2. The van der Waals surface area contributed by atoms with Crippen molar-refractivity contribution in [2.24, 2.45) is 0 Å². The molecule has 108 valence electrons. The lowest BCUT2D eigenvalue weighted by atomic mass is 9.95. The van der Waals surface area contributed by atoms with Crippen LogP contribution < -0.4 is 5.32 Å². The molecule has 0 saturated heterocycles. The second-order valence-electron chi connectivity index (χ2n) is 5.33. The minimum atomic E-state index is 0.106. The van der Waals surface area contributed by atoms with Gasteiger partial charge in [-0.3, -0.25) is 4.79 Å². The quantitative estimate of drug-likeness (QED) is 0.686. The second-order valence-corrected chi connectivity index (χ2v) is 7.16. The first-order valence-electron chi connectivity index (χ1n) is 6.87. The van der Waals surface area contributed by atoms with Crippen LogP contribution in [0.15, 0.2) is 40.9 Å². The highest BCUT2D eigenvalue weighted by Gasteiger charge is 2.18. The Bertz CT molecular complexity index is 712. The summed E-state index contributed by atoms with van der Waals surface area (Å²) in [6, 6.07) is 12.6. The highest BCUT2D eigenvalue weighted by molar-refractivity contribution is 9.10. The molecule has 0 aliphatic carbocycles. The van der Waals surface area contributed by atoms with Crippen molar-refractivity contribution in [2.45, 2.75) is 24.6 Å². The smallest absolute Gasteiger partial charge is 0.224 e. The van der Waals surface area contributed by atoms with Gasteiger partial charge in [-0.25, -0.2) is 0 Å². The fraction of sp³-hybridized carbons (Fsp3) is 0.235. The third kappa shape index (κ3) is 3.06. The molecule has 0 radical (unpaired) electrons. The maximum absolute atomic E-state index is 11.4. The van der Waals surface area contributed by atoms with Crippen LogP contribution in [0.5, 0.6) is 0 Å². The summed E-state index contributed by atoms with van der Waals surface area (Å²) in [5.74, 6) is 0.106. The summed E-state index contributed by atoms with van der Waals surface area (Å²) < 4.78 is 1.09. The van der Waals surface area contributed by atoms with Crippen molar-refractivity contribution in [1.82, 2.24) is 0 Å². The van der Waals surface area contributed by atoms with Gasteiger partial charge in [0, 0.05) is 16.6 Å². The van der Waals surface area contributed by atoms with Crippen molar-refractivity contribution < 1.29 is 4.79 Å². The molecule has 1 amide bonds. The normalized spacial score (nSPS) is 15.3. The van der Waals surface area contributed by atoms with Gasteiger partial charge in [0.05, 0.1) is 4.83 Å². The van der Waals surface area contributed by atoms with E-state index >= 15 is 0 Å². The first-order chi connectivity index (χ1) is 10.0. The van der Waals surface area contributed by atoms with E-state index in [9.17, 15) is 4.79 Å². The lowest BCUT2D eigenvalue weighted by Crippen LogP contribution is -2.19. The van der Waals surface area contributed by atoms with E-state index in [4.69, 9.17) is 0 Å². The van der Waals surface area contributed by atoms with Crippen molar-refractivity contribution in [3.05, 3.63) is 63.1 Å². The Hall–Kier alpha value is -1.13. The number of hydrogen-bond acceptors (Lipinski definition) is 1. The molecular formula is C17H15Br2NO. The average Bonchev–Trinajstić information content (AvgIpc) is 2.46. The highest BCUT2D eigenvalue weighted by Crippen LogP contribution is 2.36. The molecule has 0 aromatic heterocycles. The molecule has 2 nitrogen and oxygen atoms in total. The SMILES string of the molecule is Cc1cc(Br)ccc1C(Br)c1ccc2c(c1)CCC(=O)N2. The van der Waals surface area contributed by atoms with Gasteiger partial charge in [-0.15, -0.1) is 0 Å². The molecule has 0 fully saturated rings. The van der Waals surface area contributed by atoms with Crippen LogP contribution in [0.25, 0.3) is 0 Å².